The maximum Gasteiger partial charge on any atom is 0.277 e. The van der Waals surface area contributed by atoms with E-state index in [0.717, 1.165) is 15.6 Å². The molecular formula is C17H16BrIN2O3. The molecule has 24 heavy (non-hydrogen) atoms. The molecule has 5 nitrogen and oxygen atoms in total. The van der Waals surface area contributed by atoms with E-state index in [1.165, 1.54) is 6.21 Å². The van der Waals surface area contributed by atoms with E-state index < -0.39 is 0 Å². The molecule has 0 aliphatic rings. The second-order valence-corrected chi connectivity index (χ2v) is 7.31. The molecule has 0 spiro atoms. The van der Waals surface area contributed by atoms with Crippen LogP contribution >= 0.6 is 38.5 Å². The molecule has 7 heteroatoms. The maximum atomic E-state index is 11.8. The Morgan fingerprint density at radius 2 is 1.96 bits per heavy atom. The van der Waals surface area contributed by atoms with E-state index >= 15 is 0 Å². The number of amides is 1. The third kappa shape index (κ3) is 5.48. The second kappa shape index (κ2) is 8.48. The molecule has 0 aliphatic heterocycles. The Balaban J connectivity index is 1.91. The summed E-state index contributed by atoms with van der Waals surface area (Å²) in [6, 6.07) is 9.25. The average molecular weight is 503 g/mol. The van der Waals surface area contributed by atoms with Crippen molar-refractivity contribution >= 4 is 50.6 Å². The topological polar surface area (TPSA) is 70.9 Å². The lowest BCUT2D eigenvalue weighted by Crippen LogP contribution is -2.24. The van der Waals surface area contributed by atoms with Gasteiger partial charge in [0.2, 0.25) is 0 Å². The number of rotatable bonds is 5. The number of hydrogen-bond donors (Lipinski definition) is 2. The predicted octanol–water partition coefficient (Wildman–Crippen LogP) is 3.91. The highest BCUT2D eigenvalue weighted by Crippen LogP contribution is 2.27. The van der Waals surface area contributed by atoms with Crippen molar-refractivity contribution in [2.24, 2.45) is 5.10 Å². The van der Waals surface area contributed by atoms with Crippen molar-refractivity contribution in [3.05, 3.63) is 55.1 Å². The first-order valence-corrected chi connectivity index (χ1v) is 8.93. The number of aryl methyl sites for hydroxylation is 2. The Hall–Kier alpha value is -1.61. The molecular weight excluding hydrogens is 487 g/mol. The molecule has 2 aromatic rings. The largest absolute Gasteiger partial charge is 0.506 e. The fraction of sp³-hybridized carbons (Fsp3) is 0.176. The van der Waals surface area contributed by atoms with Gasteiger partial charge in [0.15, 0.2) is 6.61 Å². The summed E-state index contributed by atoms with van der Waals surface area (Å²) in [5.41, 5.74) is 5.02. The van der Waals surface area contributed by atoms with Gasteiger partial charge in [0.1, 0.15) is 11.5 Å². The third-order valence-electron chi connectivity index (χ3n) is 3.02. The lowest BCUT2D eigenvalue weighted by Gasteiger charge is -2.07. The van der Waals surface area contributed by atoms with Crippen LogP contribution in [0.25, 0.3) is 0 Å². The van der Waals surface area contributed by atoms with Crippen LogP contribution in [0.15, 0.2) is 39.9 Å². The molecule has 0 fully saturated rings. The molecule has 0 unspecified atom stereocenters. The van der Waals surface area contributed by atoms with Crippen LogP contribution in [-0.4, -0.2) is 23.8 Å². The average Bonchev–Trinajstić information content (AvgIpc) is 2.49. The first-order chi connectivity index (χ1) is 11.3. The number of nitrogens with zero attached hydrogens (tertiary/aromatic N) is 1. The molecule has 1 amide bonds. The van der Waals surface area contributed by atoms with E-state index in [0.29, 0.717) is 14.9 Å². The van der Waals surface area contributed by atoms with Crippen LogP contribution in [0.1, 0.15) is 16.7 Å². The van der Waals surface area contributed by atoms with E-state index in [-0.39, 0.29) is 18.3 Å². The zero-order valence-electron chi connectivity index (χ0n) is 13.1. The van der Waals surface area contributed by atoms with Crippen LogP contribution in [0.3, 0.4) is 0 Å². The fourth-order valence-electron chi connectivity index (χ4n) is 2.06. The normalized spacial score (nSPS) is 10.8. The van der Waals surface area contributed by atoms with E-state index in [9.17, 15) is 9.90 Å². The van der Waals surface area contributed by atoms with Gasteiger partial charge < -0.3 is 9.84 Å². The van der Waals surface area contributed by atoms with Crippen LogP contribution in [0, 0.1) is 17.4 Å². The maximum absolute atomic E-state index is 11.8. The van der Waals surface area contributed by atoms with Gasteiger partial charge in [0.05, 0.1) is 9.78 Å². The van der Waals surface area contributed by atoms with Gasteiger partial charge in [-0.3, -0.25) is 4.79 Å². The number of benzene rings is 2. The number of nitrogens with one attached hydrogen (secondary N) is 1. The first kappa shape index (κ1) is 18.7. The van der Waals surface area contributed by atoms with Crippen LogP contribution < -0.4 is 10.2 Å². The van der Waals surface area contributed by atoms with Gasteiger partial charge >= 0.3 is 0 Å². The van der Waals surface area contributed by atoms with Gasteiger partial charge in [0.25, 0.3) is 5.91 Å². The van der Waals surface area contributed by atoms with Crippen LogP contribution in [0.4, 0.5) is 0 Å². The number of carbonyl (C=O) groups is 1. The summed E-state index contributed by atoms with van der Waals surface area (Å²) in [6.07, 6.45) is 1.39. The summed E-state index contributed by atoms with van der Waals surface area (Å²) < 4.78 is 6.95. The first-order valence-electron chi connectivity index (χ1n) is 7.06. The van der Waals surface area contributed by atoms with Gasteiger partial charge in [-0.25, -0.2) is 5.43 Å². The quantitative estimate of drug-likeness (QED) is 0.370. The number of ether oxygens (including phenoxy) is 1. The molecule has 0 atom stereocenters. The Bertz CT molecular complexity index is 773. The zero-order chi connectivity index (χ0) is 17.7. The molecule has 0 saturated carbocycles. The predicted molar refractivity (Wildman–Crippen MR) is 106 cm³/mol. The summed E-state index contributed by atoms with van der Waals surface area (Å²) in [7, 11) is 0. The van der Waals surface area contributed by atoms with Crippen molar-refractivity contribution < 1.29 is 14.6 Å². The minimum Gasteiger partial charge on any atom is -0.506 e. The summed E-state index contributed by atoms with van der Waals surface area (Å²) >= 11 is 5.36. The number of aromatic hydroxyl groups is 1. The number of halogens is 2. The Morgan fingerprint density at radius 1 is 1.29 bits per heavy atom. The van der Waals surface area contributed by atoms with E-state index in [2.05, 4.69) is 26.5 Å². The summed E-state index contributed by atoms with van der Waals surface area (Å²) in [6.45, 7) is 3.80. The van der Waals surface area contributed by atoms with Gasteiger partial charge in [-0.05, 0) is 71.8 Å². The molecule has 0 saturated heterocycles. The highest BCUT2D eigenvalue weighted by Gasteiger charge is 2.06. The number of phenols is 1. The van der Waals surface area contributed by atoms with Gasteiger partial charge in [-0.2, -0.15) is 5.10 Å². The SMILES string of the molecule is Cc1cc(C)cc(OCC(=O)N/N=C/c2cc(Br)cc(I)c2O)c1. The smallest absolute Gasteiger partial charge is 0.277 e. The van der Waals surface area contributed by atoms with Crippen molar-refractivity contribution in [1.29, 1.82) is 0 Å². The zero-order valence-corrected chi connectivity index (χ0v) is 16.9. The molecule has 0 bridgehead atoms. The minimum atomic E-state index is -0.380. The van der Waals surface area contributed by atoms with Crippen molar-refractivity contribution in [1.82, 2.24) is 5.43 Å². The Kier molecular flexibility index (Phi) is 6.61. The van der Waals surface area contributed by atoms with Gasteiger partial charge in [-0.15, -0.1) is 0 Å². The highest BCUT2D eigenvalue weighted by atomic mass is 127. The van der Waals surface area contributed by atoms with Crippen LogP contribution in [0.2, 0.25) is 0 Å². The fourth-order valence-corrected chi connectivity index (χ4v) is 3.61. The minimum absolute atomic E-state index is 0.114. The summed E-state index contributed by atoms with van der Waals surface area (Å²) in [5, 5.41) is 13.8. The number of phenolic OH excluding ortho intramolecular Hbond substituents is 1. The van der Waals surface area contributed by atoms with E-state index in [1.54, 1.807) is 12.1 Å². The monoisotopic (exact) mass is 502 g/mol. The van der Waals surface area contributed by atoms with E-state index in [4.69, 9.17) is 4.74 Å². The van der Waals surface area contributed by atoms with Gasteiger partial charge in [-0.1, -0.05) is 22.0 Å². The van der Waals surface area contributed by atoms with Crippen molar-refractivity contribution in [2.75, 3.05) is 6.61 Å². The van der Waals surface area contributed by atoms with Crippen molar-refractivity contribution in [3.63, 3.8) is 0 Å². The standard InChI is InChI=1S/C17H16BrIN2O3/c1-10-3-11(2)5-14(4-10)24-9-16(22)21-20-8-12-6-13(18)7-15(19)17(12)23/h3-8,23H,9H2,1-2H3,(H,21,22)/b20-8+. The molecule has 0 aromatic heterocycles. The molecule has 2 rings (SSSR count). The second-order valence-electron chi connectivity index (χ2n) is 5.23. The lowest BCUT2D eigenvalue weighted by atomic mass is 10.1. The third-order valence-corrected chi connectivity index (χ3v) is 4.30. The molecule has 126 valence electrons. The molecule has 0 radical (unpaired) electrons. The molecule has 0 heterocycles. The number of hydrogen-bond acceptors (Lipinski definition) is 4. The van der Waals surface area contributed by atoms with Crippen LogP contribution in [-0.2, 0) is 4.79 Å². The highest BCUT2D eigenvalue weighted by molar-refractivity contribution is 14.1. The van der Waals surface area contributed by atoms with Crippen LogP contribution in [0.5, 0.6) is 11.5 Å². The molecule has 2 N–H and O–H groups in total. The summed E-state index contributed by atoms with van der Waals surface area (Å²) in [4.78, 5) is 11.8. The van der Waals surface area contributed by atoms with Crippen molar-refractivity contribution in [3.8, 4) is 11.5 Å². The Morgan fingerprint density at radius 3 is 2.62 bits per heavy atom. The lowest BCUT2D eigenvalue weighted by molar-refractivity contribution is -0.123. The summed E-state index contributed by atoms with van der Waals surface area (Å²) in [5.74, 6) is 0.378. The van der Waals surface area contributed by atoms with Crippen molar-refractivity contribution in [2.45, 2.75) is 13.8 Å². The van der Waals surface area contributed by atoms with E-state index in [1.807, 2.05) is 54.6 Å². The molecule has 2 aromatic carbocycles. The Labute approximate surface area is 162 Å². The van der Waals surface area contributed by atoms with Gasteiger partial charge in [0, 0.05) is 10.0 Å². The molecule has 0 aliphatic carbocycles. The number of hydrazone groups is 1. The number of carbonyl (C=O) groups excluding carboxylic acids is 1.